The van der Waals surface area contributed by atoms with Crippen molar-refractivity contribution in [2.24, 2.45) is 0 Å². The standard InChI is InChI=1S/C27H16ClF4N3O2/c1-15-22(24(28)35(33-15)18-11-9-17(29)10-12-18)14-23-20-7-2-3-8-21(20)25(36)34(26(23)37)19-6-4-5-16(13-19)27(30,31)32/h2-14H,1H3. The van der Waals surface area contributed by atoms with Crippen LogP contribution in [0.5, 0.6) is 0 Å². The van der Waals surface area contributed by atoms with Crippen molar-refractivity contribution < 1.29 is 27.2 Å². The molecule has 0 N–H and O–H groups in total. The summed E-state index contributed by atoms with van der Waals surface area (Å²) in [7, 11) is 0. The molecule has 0 spiro atoms. The van der Waals surface area contributed by atoms with Gasteiger partial charge in [-0.15, -0.1) is 0 Å². The number of hydrogen-bond acceptors (Lipinski definition) is 3. The number of anilines is 1. The normalized spacial score (nSPS) is 14.9. The molecule has 1 aromatic heterocycles. The number of carbonyl (C=O) groups excluding carboxylic acids is 2. The van der Waals surface area contributed by atoms with Crippen LogP contribution in [0.1, 0.15) is 32.7 Å². The summed E-state index contributed by atoms with van der Waals surface area (Å²) in [6.07, 6.45) is -3.20. The highest BCUT2D eigenvalue weighted by atomic mass is 35.5. The molecule has 0 fully saturated rings. The third-order valence-electron chi connectivity index (χ3n) is 5.92. The Labute approximate surface area is 213 Å². The Kier molecular flexibility index (Phi) is 5.95. The second-order valence-corrected chi connectivity index (χ2v) is 8.63. The number of benzene rings is 3. The molecule has 0 saturated heterocycles. The summed E-state index contributed by atoms with van der Waals surface area (Å²) in [6, 6.07) is 15.8. The van der Waals surface area contributed by atoms with Crippen molar-refractivity contribution in [2.45, 2.75) is 13.1 Å². The summed E-state index contributed by atoms with van der Waals surface area (Å²) < 4.78 is 54.8. The van der Waals surface area contributed by atoms with E-state index in [-0.39, 0.29) is 22.0 Å². The average Bonchev–Trinajstić information content (AvgIpc) is 3.15. The molecule has 0 atom stereocenters. The molecule has 5 nitrogen and oxygen atoms in total. The molecule has 3 aromatic carbocycles. The van der Waals surface area contributed by atoms with Gasteiger partial charge < -0.3 is 0 Å². The van der Waals surface area contributed by atoms with Gasteiger partial charge >= 0.3 is 6.18 Å². The predicted octanol–water partition coefficient (Wildman–Crippen LogP) is 6.72. The number of carbonyl (C=O) groups is 2. The van der Waals surface area contributed by atoms with Crippen LogP contribution in [0.25, 0.3) is 17.3 Å². The zero-order valence-electron chi connectivity index (χ0n) is 19.1. The lowest BCUT2D eigenvalue weighted by Crippen LogP contribution is -2.41. The number of rotatable bonds is 3. The zero-order chi connectivity index (χ0) is 26.5. The van der Waals surface area contributed by atoms with Crippen LogP contribution in [0.3, 0.4) is 0 Å². The van der Waals surface area contributed by atoms with Crippen LogP contribution in [0.15, 0.2) is 72.8 Å². The van der Waals surface area contributed by atoms with Gasteiger partial charge in [0.25, 0.3) is 11.8 Å². The fourth-order valence-electron chi connectivity index (χ4n) is 4.12. The fraction of sp³-hybridized carbons (Fsp3) is 0.0741. The molecule has 0 bridgehead atoms. The molecular formula is C27H16ClF4N3O2. The van der Waals surface area contributed by atoms with E-state index >= 15 is 0 Å². The number of alkyl halides is 3. The van der Waals surface area contributed by atoms with E-state index in [0.717, 1.165) is 23.1 Å². The molecule has 4 aromatic rings. The topological polar surface area (TPSA) is 55.2 Å². The second kappa shape index (κ2) is 9.01. The first-order valence-corrected chi connectivity index (χ1v) is 11.3. The molecule has 1 aliphatic heterocycles. The van der Waals surface area contributed by atoms with Gasteiger partial charge in [0, 0.05) is 16.7 Å². The minimum atomic E-state index is -4.66. The number of amides is 2. The first-order valence-electron chi connectivity index (χ1n) is 10.9. The maximum absolute atomic E-state index is 13.6. The molecule has 0 saturated carbocycles. The van der Waals surface area contributed by atoms with Gasteiger partial charge in [-0.3, -0.25) is 9.59 Å². The summed E-state index contributed by atoms with van der Waals surface area (Å²) in [5.41, 5.74) is 0.587. The summed E-state index contributed by atoms with van der Waals surface area (Å²) in [5, 5.41) is 4.52. The number of fused-ring (bicyclic) bond motifs is 1. The van der Waals surface area contributed by atoms with E-state index in [1.165, 1.54) is 47.2 Å². The molecule has 10 heteroatoms. The lowest BCUT2D eigenvalue weighted by Gasteiger charge is -2.29. The number of imide groups is 1. The minimum Gasteiger partial charge on any atom is -0.268 e. The number of hydrogen-bond donors (Lipinski definition) is 0. The first kappa shape index (κ1) is 24.5. The third kappa shape index (κ3) is 4.31. The molecule has 1 aliphatic rings. The number of aryl methyl sites for hydroxylation is 1. The summed E-state index contributed by atoms with van der Waals surface area (Å²) in [5.74, 6) is -2.00. The van der Waals surface area contributed by atoms with Crippen molar-refractivity contribution in [2.75, 3.05) is 4.90 Å². The van der Waals surface area contributed by atoms with Crippen molar-refractivity contribution in [3.63, 3.8) is 0 Å². The Balaban J connectivity index is 1.66. The van der Waals surface area contributed by atoms with Gasteiger partial charge in [-0.25, -0.2) is 14.0 Å². The van der Waals surface area contributed by atoms with Crippen LogP contribution in [0.2, 0.25) is 5.15 Å². The van der Waals surface area contributed by atoms with Gasteiger partial charge in [0.05, 0.1) is 22.6 Å². The molecule has 5 rings (SSSR count). The molecule has 0 aliphatic carbocycles. The van der Waals surface area contributed by atoms with Crippen molar-refractivity contribution >= 4 is 40.8 Å². The minimum absolute atomic E-state index is 0.0521. The lowest BCUT2D eigenvalue weighted by molar-refractivity contribution is -0.137. The monoisotopic (exact) mass is 525 g/mol. The van der Waals surface area contributed by atoms with Crippen LogP contribution >= 0.6 is 11.6 Å². The summed E-state index contributed by atoms with van der Waals surface area (Å²) in [4.78, 5) is 27.6. The van der Waals surface area contributed by atoms with Crippen molar-refractivity contribution in [1.82, 2.24) is 9.78 Å². The molecular weight excluding hydrogens is 510 g/mol. The molecule has 2 heterocycles. The van der Waals surface area contributed by atoms with Gasteiger partial charge in [0.15, 0.2) is 0 Å². The van der Waals surface area contributed by atoms with Gasteiger partial charge in [0.1, 0.15) is 11.0 Å². The van der Waals surface area contributed by atoms with Crippen LogP contribution < -0.4 is 4.90 Å². The Hall–Kier alpha value is -4.24. The van der Waals surface area contributed by atoms with Crippen LogP contribution in [-0.4, -0.2) is 21.6 Å². The van der Waals surface area contributed by atoms with E-state index in [2.05, 4.69) is 5.10 Å². The molecule has 37 heavy (non-hydrogen) atoms. The SMILES string of the molecule is Cc1nn(-c2ccc(F)cc2)c(Cl)c1C=C1C(=O)N(c2cccc(C(F)(F)F)c2)C(=O)c2ccccc21. The van der Waals surface area contributed by atoms with Gasteiger partial charge in [-0.1, -0.05) is 35.9 Å². The van der Waals surface area contributed by atoms with Crippen molar-refractivity contribution in [3.05, 3.63) is 112 Å². The Morgan fingerprint density at radius 2 is 1.54 bits per heavy atom. The Morgan fingerprint density at radius 1 is 0.865 bits per heavy atom. The summed E-state index contributed by atoms with van der Waals surface area (Å²) in [6.45, 7) is 1.66. The van der Waals surface area contributed by atoms with E-state index in [0.29, 0.717) is 22.5 Å². The Morgan fingerprint density at radius 3 is 2.22 bits per heavy atom. The summed E-state index contributed by atoms with van der Waals surface area (Å²) >= 11 is 6.60. The predicted molar refractivity (Wildman–Crippen MR) is 131 cm³/mol. The molecule has 0 radical (unpaired) electrons. The molecule has 186 valence electrons. The second-order valence-electron chi connectivity index (χ2n) is 8.28. The smallest absolute Gasteiger partial charge is 0.268 e. The fourth-order valence-corrected chi connectivity index (χ4v) is 4.45. The lowest BCUT2D eigenvalue weighted by atomic mass is 9.91. The highest BCUT2D eigenvalue weighted by molar-refractivity contribution is 6.43. The van der Waals surface area contributed by atoms with E-state index in [1.807, 2.05) is 0 Å². The highest BCUT2D eigenvalue weighted by Gasteiger charge is 2.38. The van der Waals surface area contributed by atoms with Gasteiger partial charge in [-0.05, 0) is 67.1 Å². The van der Waals surface area contributed by atoms with Gasteiger partial charge in [0.2, 0.25) is 0 Å². The average molecular weight is 526 g/mol. The maximum atomic E-state index is 13.6. The first-order chi connectivity index (χ1) is 17.6. The van der Waals surface area contributed by atoms with Crippen molar-refractivity contribution in [1.29, 1.82) is 0 Å². The molecule has 2 amide bonds. The van der Waals surface area contributed by atoms with Gasteiger partial charge in [-0.2, -0.15) is 18.3 Å². The number of nitrogens with zero attached hydrogens (tertiary/aromatic N) is 3. The largest absolute Gasteiger partial charge is 0.416 e. The van der Waals surface area contributed by atoms with E-state index < -0.39 is 29.4 Å². The van der Waals surface area contributed by atoms with E-state index in [9.17, 15) is 27.2 Å². The van der Waals surface area contributed by atoms with E-state index in [4.69, 9.17) is 11.6 Å². The Bertz CT molecular complexity index is 1590. The van der Waals surface area contributed by atoms with E-state index in [1.54, 1.807) is 25.1 Å². The number of aromatic nitrogens is 2. The zero-order valence-corrected chi connectivity index (χ0v) is 19.8. The van der Waals surface area contributed by atoms with Crippen molar-refractivity contribution in [3.8, 4) is 5.69 Å². The van der Waals surface area contributed by atoms with Crippen LogP contribution in [0, 0.1) is 12.7 Å². The molecule has 0 unspecified atom stereocenters. The van der Waals surface area contributed by atoms with Crippen LogP contribution in [-0.2, 0) is 11.0 Å². The number of halogens is 5. The van der Waals surface area contributed by atoms with Crippen LogP contribution in [0.4, 0.5) is 23.2 Å². The third-order valence-corrected chi connectivity index (χ3v) is 6.29. The maximum Gasteiger partial charge on any atom is 0.416 e. The quantitative estimate of drug-likeness (QED) is 0.169. The highest BCUT2D eigenvalue weighted by Crippen LogP contribution is 2.37.